The molecular weight excluding hydrogens is 570 g/mol. The van der Waals surface area contributed by atoms with Crippen LogP contribution in [-0.4, -0.2) is 47.4 Å². The number of hydrogen-bond donors (Lipinski definition) is 2. The lowest BCUT2D eigenvalue weighted by atomic mass is 9.93. The minimum atomic E-state index is -1.05. The van der Waals surface area contributed by atoms with Gasteiger partial charge in [-0.3, -0.25) is 14.4 Å². The number of para-hydroxylation sites is 2. The molecule has 3 aromatic carbocycles. The zero-order chi connectivity index (χ0) is 32.4. The Kier molecular flexibility index (Phi) is 11.4. The van der Waals surface area contributed by atoms with E-state index in [2.05, 4.69) is 10.6 Å². The number of ketones is 1. The molecule has 238 valence electrons. The van der Waals surface area contributed by atoms with Gasteiger partial charge in [-0.25, -0.2) is 4.79 Å². The van der Waals surface area contributed by atoms with Crippen LogP contribution in [0.1, 0.15) is 70.5 Å². The van der Waals surface area contributed by atoms with Crippen LogP contribution in [0.3, 0.4) is 0 Å². The van der Waals surface area contributed by atoms with E-state index < -0.39 is 30.1 Å². The average molecular weight is 614 g/mol. The lowest BCUT2D eigenvalue weighted by molar-refractivity contribution is -0.140. The fourth-order valence-corrected chi connectivity index (χ4v) is 5.42. The zero-order valence-electron chi connectivity index (χ0n) is 26.5. The van der Waals surface area contributed by atoms with Crippen molar-refractivity contribution in [3.05, 3.63) is 96.1 Å². The Hall–Kier alpha value is -4.66. The maximum absolute atomic E-state index is 13.6. The smallest absolute Gasteiger partial charge is 0.409 e. The van der Waals surface area contributed by atoms with Crippen molar-refractivity contribution in [3.63, 3.8) is 0 Å². The number of alkyl carbamates (subject to hydrolysis) is 1. The number of nitrogens with zero attached hydrogens (tertiary/aromatic N) is 1. The Labute approximate surface area is 265 Å². The summed E-state index contributed by atoms with van der Waals surface area (Å²) in [5, 5.41) is 5.35. The van der Waals surface area contributed by atoms with E-state index in [1.165, 1.54) is 0 Å². The molecule has 9 heteroatoms. The second-order valence-electron chi connectivity index (χ2n) is 12.3. The van der Waals surface area contributed by atoms with E-state index in [0.29, 0.717) is 36.4 Å². The molecule has 0 bridgehead atoms. The van der Waals surface area contributed by atoms with E-state index in [9.17, 15) is 19.2 Å². The number of amides is 3. The van der Waals surface area contributed by atoms with Gasteiger partial charge in [-0.15, -0.1) is 0 Å². The molecule has 0 radical (unpaired) electrons. The van der Waals surface area contributed by atoms with E-state index in [4.69, 9.17) is 9.47 Å². The first-order chi connectivity index (χ1) is 21.6. The summed E-state index contributed by atoms with van der Waals surface area (Å²) < 4.78 is 11.8. The quantitative estimate of drug-likeness (QED) is 0.218. The van der Waals surface area contributed by atoms with Gasteiger partial charge < -0.3 is 25.0 Å². The molecule has 9 nitrogen and oxygen atoms in total. The number of carbonyl (C=O) groups is 4. The molecule has 4 rings (SSSR count). The predicted octanol–water partition coefficient (Wildman–Crippen LogP) is 6.34. The maximum atomic E-state index is 13.6. The van der Waals surface area contributed by atoms with Crippen LogP contribution < -0.4 is 15.4 Å². The average Bonchev–Trinajstić information content (AvgIpc) is 3.34. The molecule has 1 fully saturated rings. The molecule has 0 aromatic heterocycles. The van der Waals surface area contributed by atoms with Crippen molar-refractivity contribution in [2.45, 2.75) is 78.1 Å². The van der Waals surface area contributed by atoms with Crippen LogP contribution in [0.4, 0.5) is 4.79 Å². The van der Waals surface area contributed by atoms with E-state index in [1.807, 2.05) is 106 Å². The summed E-state index contributed by atoms with van der Waals surface area (Å²) in [4.78, 5) is 54.4. The Balaban J connectivity index is 1.41. The van der Waals surface area contributed by atoms with Crippen LogP contribution >= 0.6 is 0 Å². The lowest BCUT2D eigenvalue weighted by Gasteiger charge is -2.26. The van der Waals surface area contributed by atoms with E-state index in [-0.39, 0.29) is 30.2 Å². The van der Waals surface area contributed by atoms with Crippen molar-refractivity contribution >= 4 is 23.7 Å². The van der Waals surface area contributed by atoms with Crippen LogP contribution in [0.25, 0.3) is 0 Å². The van der Waals surface area contributed by atoms with Crippen LogP contribution in [-0.2, 0) is 25.5 Å². The molecular formula is C36H43N3O6. The number of ether oxygens (including phenoxy) is 2. The minimum absolute atomic E-state index is 0.0535. The molecule has 1 unspecified atom stereocenters. The number of carbonyl (C=O) groups excluding carboxylic acids is 4. The number of rotatable bonds is 13. The van der Waals surface area contributed by atoms with Gasteiger partial charge in [0.05, 0.1) is 12.5 Å². The van der Waals surface area contributed by atoms with Crippen molar-refractivity contribution < 1.29 is 28.7 Å². The molecule has 1 saturated heterocycles. The topological polar surface area (TPSA) is 114 Å². The fourth-order valence-electron chi connectivity index (χ4n) is 5.42. The third kappa shape index (κ3) is 9.41. The van der Waals surface area contributed by atoms with Gasteiger partial charge in [0.2, 0.25) is 11.7 Å². The SMILES string of the molecule is CCCC[C@H](NC(=O)OC1CC(C)(C)CN1C(=O)Cc1ccccc1Oc1ccccc1)C(=O)C(=O)N[C@H](C)c1ccccc1. The maximum Gasteiger partial charge on any atom is 0.409 e. The number of hydrogen-bond acceptors (Lipinski definition) is 6. The number of likely N-dealkylation sites (tertiary alicyclic amines) is 1. The molecule has 0 aliphatic carbocycles. The van der Waals surface area contributed by atoms with Crippen LogP contribution in [0.2, 0.25) is 0 Å². The Morgan fingerprint density at radius 2 is 1.56 bits per heavy atom. The van der Waals surface area contributed by atoms with E-state index in [0.717, 1.165) is 12.0 Å². The molecule has 2 N–H and O–H groups in total. The summed E-state index contributed by atoms with van der Waals surface area (Å²) in [5.74, 6) is -0.493. The number of nitrogens with one attached hydrogen (secondary N) is 2. The highest BCUT2D eigenvalue weighted by atomic mass is 16.6. The first-order valence-electron chi connectivity index (χ1n) is 15.5. The highest BCUT2D eigenvalue weighted by Gasteiger charge is 2.42. The van der Waals surface area contributed by atoms with E-state index >= 15 is 0 Å². The van der Waals surface area contributed by atoms with Gasteiger partial charge in [0.15, 0.2) is 6.23 Å². The van der Waals surface area contributed by atoms with Crippen molar-refractivity contribution in [2.75, 3.05) is 6.54 Å². The molecule has 3 aromatic rings. The molecule has 45 heavy (non-hydrogen) atoms. The first-order valence-corrected chi connectivity index (χ1v) is 15.5. The summed E-state index contributed by atoms with van der Waals surface area (Å²) in [5.41, 5.74) is 1.27. The Morgan fingerprint density at radius 3 is 2.24 bits per heavy atom. The van der Waals surface area contributed by atoms with Gasteiger partial charge >= 0.3 is 6.09 Å². The molecule has 1 heterocycles. The molecule has 3 atom stereocenters. The van der Waals surface area contributed by atoms with Gasteiger partial charge in [0.1, 0.15) is 17.5 Å². The van der Waals surface area contributed by atoms with Crippen molar-refractivity contribution in [3.8, 4) is 11.5 Å². The summed E-state index contributed by atoms with van der Waals surface area (Å²) >= 11 is 0. The fraction of sp³-hybridized carbons (Fsp3) is 0.389. The molecule has 3 amide bonds. The predicted molar refractivity (Wildman–Crippen MR) is 171 cm³/mol. The highest BCUT2D eigenvalue weighted by molar-refractivity contribution is 6.38. The van der Waals surface area contributed by atoms with E-state index in [1.54, 1.807) is 11.8 Å². The van der Waals surface area contributed by atoms with Crippen LogP contribution in [0.15, 0.2) is 84.9 Å². The van der Waals surface area contributed by atoms with Crippen LogP contribution in [0.5, 0.6) is 11.5 Å². The van der Waals surface area contributed by atoms with Crippen molar-refractivity contribution in [2.24, 2.45) is 5.41 Å². The minimum Gasteiger partial charge on any atom is -0.457 e. The van der Waals surface area contributed by atoms with Gasteiger partial charge in [-0.2, -0.15) is 0 Å². The van der Waals surface area contributed by atoms with Crippen molar-refractivity contribution in [1.29, 1.82) is 0 Å². The second kappa shape index (κ2) is 15.4. The van der Waals surface area contributed by atoms with Crippen LogP contribution in [0, 0.1) is 5.41 Å². The molecule has 0 spiro atoms. The van der Waals surface area contributed by atoms with Gasteiger partial charge in [-0.1, -0.05) is 100 Å². The summed E-state index contributed by atoms with van der Waals surface area (Å²) in [6, 6.07) is 24.6. The third-order valence-electron chi connectivity index (χ3n) is 7.85. The lowest BCUT2D eigenvalue weighted by Crippen LogP contribution is -2.49. The number of Topliss-reactive ketones (excluding diaryl/α,β-unsaturated/α-hetero) is 1. The molecule has 0 saturated carbocycles. The van der Waals surface area contributed by atoms with Gasteiger partial charge in [-0.05, 0) is 42.5 Å². The largest absolute Gasteiger partial charge is 0.457 e. The van der Waals surface area contributed by atoms with Gasteiger partial charge in [0, 0.05) is 18.5 Å². The number of unbranched alkanes of at least 4 members (excludes halogenated alkanes) is 1. The van der Waals surface area contributed by atoms with Gasteiger partial charge in [0.25, 0.3) is 5.91 Å². The molecule has 1 aliphatic heterocycles. The first kappa shape index (κ1) is 33.2. The Morgan fingerprint density at radius 1 is 0.911 bits per heavy atom. The summed E-state index contributed by atoms with van der Waals surface area (Å²) in [6.07, 6.45) is 0.495. The summed E-state index contributed by atoms with van der Waals surface area (Å²) in [6.45, 7) is 8.16. The second-order valence-corrected chi connectivity index (χ2v) is 12.3. The number of benzene rings is 3. The normalized spacial score (nSPS) is 16.7. The standard InChI is InChI=1S/C36H43N3O6/c1-5-6-20-29(33(41)34(42)37-25(2)26-15-9-7-10-16-26)38-35(43)45-32-23-36(3,4)24-39(32)31(40)22-27-17-13-14-21-30(27)44-28-18-11-8-12-19-28/h7-19,21,25,29,32H,5-6,20,22-24H2,1-4H3,(H,37,42)(H,38,43)/t25-,29+,32?/m1/s1. The zero-order valence-corrected chi connectivity index (χ0v) is 26.5. The van der Waals surface area contributed by atoms with Crippen molar-refractivity contribution in [1.82, 2.24) is 15.5 Å². The summed E-state index contributed by atoms with van der Waals surface area (Å²) in [7, 11) is 0. The third-order valence-corrected chi connectivity index (χ3v) is 7.85. The monoisotopic (exact) mass is 613 g/mol. The molecule has 1 aliphatic rings. The Bertz CT molecular complexity index is 1460. The highest BCUT2D eigenvalue weighted by Crippen LogP contribution is 2.35.